The second-order valence-electron chi connectivity index (χ2n) is 3.48. The van der Waals surface area contributed by atoms with Crippen LogP contribution in [0.4, 0.5) is 0 Å². The number of hydrogen-bond donors (Lipinski definition) is 0. The predicted octanol–water partition coefficient (Wildman–Crippen LogP) is 2.23. The first kappa shape index (κ1) is 13.7. The lowest BCUT2D eigenvalue weighted by Crippen LogP contribution is -2.44. The Labute approximate surface area is 89.6 Å². The molecule has 0 aromatic heterocycles. The fraction of sp³-hybridized carbons (Fsp3) is 0.833. The summed E-state index contributed by atoms with van der Waals surface area (Å²) in [4.78, 5) is 4.90. The topological polar surface area (TPSA) is 6.48 Å². The molecule has 0 N–H and O–H groups in total. The summed E-state index contributed by atoms with van der Waals surface area (Å²) in [5.74, 6) is 0. The van der Waals surface area contributed by atoms with Gasteiger partial charge in [-0.15, -0.1) is 0 Å². The Hall–Kier alpha value is -0.340. The van der Waals surface area contributed by atoms with Gasteiger partial charge in [-0.3, -0.25) is 4.90 Å². The fourth-order valence-electron chi connectivity index (χ4n) is 1.42. The average molecular weight is 198 g/mol. The van der Waals surface area contributed by atoms with E-state index in [0.29, 0.717) is 0 Å². The summed E-state index contributed by atoms with van der Waals surface area (Å²) in [5.41, 5.74) is 0. The SMILES string of the molecule is CC.CC/C=C/CN1CCN(C)CC1. The molecule has 1 aliphatic heterocycles. The highest BCUT2D eigenvalue weighted by Gasteiger charge is 2.11. The van der Waals surface area contributed by atoms with Gasteiger partial charge >= 0.3 is 0 Å². The summed E-state index contributed by atoms with van der Waals surface area (Å²) in [6, 6.07) is 0. The summed E-state index contributed by atoms with van der Waals surface area (Å²) in [6.07, 6.45) is 5.69. The first-order valence-electron chi connectivity index (χ1n) is 5.89. The monoisotopic (exact) mass is 198 g/mol. The fourth-order valence-corrected chi connectivity index (χ4v) is 1.42. The number of likely N-dealkylation sites (N-methyl/N-ethyl adjacent to an activating group) is 1. The Balaban J connectivity index is 0.000000791. The van der Waals surface area contributed by atoms with Crippen LogP contribution in [0.5, 0.6) is 0 Å². The highest BCUT2D eigenvalue weighted by atomic mass is 15.2. The van der Waals surface area contributed by atoms with Crippen molar-refractivity contribution in [3.05, 3.63) is 12.2 Å². The molecule has 2 nitrogen and oxygen atoms in total. The maximum atomic E-state index is 2.51. The Morgan fingerprint density at radius 2 is 1.57 bits per heavy atom. The third kappa shape index (κ3) is 6.17. The van der Waals surface area contributed by atoms with E-state index in [0.717, 1.165) is 13.0 Å². The van der Waals surface area contributed by atoms with Gasteiger partial charge in [0.25, 0.3) is 0 Å². The molecule has 1 aliphatic rings. The third-order valence-electron chi connectivity index (χ3n) is 2.36. The van der Waals surface area contributed by atoms with Crippen LogP contribution in [0.1, 0.15) is 27.2 Å². The molecule has 0 spiro atoms. The standard InChI is InChI=1S/C10H20N2.C2H6/c1-3-4-5-6-12-9-7-11(2)8-10-12;1-2/h4-5H,3,6-10H2,1-2H3;1-2H3/b5-4+;. The van der Waals surface area contributed by atoms with Crippen LogP contribution < -0.4 is 0 Å². The number of piperazine rings is 1. The summed E-state index contributed by atoms with van der Waals surface area (Å²) in [7, 11) is 2.19. The molecule has 1 saturated heterocycles. The molecule has 0 radical (unpaired) electrons. The van der Waals surface area contributed by atoms with Gasteiger partial charge < -0.3 is 4.90 Å². The van der Waals surface area contributed by atoms with Gasteiger partial charge in [-0.05, 0) is 13.5 Å². The van der Waals surface area contributed by atoms with Crippen molar-refractivity contribution in [3.8, 4) is 0 Å². The van der Waals surface area contributed by atoms with Gasteiger partial charge in [0.05, 0.1) is 0 Å². The van der Waals surface area contributed by atoms with Gasteiger partial charge in [-0.25, -0.2) is 0 Å². The number of hydrogen-bond acceptors (Lipinski definition) is 2. The van der Waals surface area contributed by atoms with Crippen LogP contribution in [-0.2, 0) is 0 Å². The van der Waals surface area contributed by atoms with Crippen LogP contribution in [0.3, 0.4) is 0 Å². The maximum Gasteiger partial charge on any atom is 0.0164 e. The predicted molar refractivity (Wildman–Crippen MR) is 64.7 cm³/mol. The molecular weight excluding hydrogens is 172 g/mol. The molecule has 0 aliphatic carbocycles. The molecule has 0 aromatic rings. The Morgan fingerprint density at radius 1 is 1.00 bits per heavy atom. The molecule has 0 amide bonds. The zero-order chi connectivity index (χ0) is 10.8. The molecule has 0 saturated carbocycles. The zero-order valence-corrected chi connectivity index (χ0v) is 10.3. The molecule has 2 heteroatoms. The first-order chi connectivity index (χ1) is 6.83. The third-order valence-corrected chi connectivity index (χ3v) is 2.36. The minimum Gasteiger partial charge on any atom is -0.304 e. The molecule has 0 aromatic carbocycles. The molecule has 1 fully saturated rings. The molecular formula is C12H26N2. The number of nitrogens with zero attached hydrogens (tertiary/aromatic N) is 2. The van der Waals surface area contributed by atoms with Crippen LogP contribution in [0.15, 0.2) is 12.2 Å². The van der Waals surface area contributed by atoms with Crippen LogP contribution in [0.2, 0.25) is 0 Å². The van der Waals surface area contributed by atoms with Crippen molar-refractivity contribution < 1.29 is 0 Å². The van der Waals surface area contributed by atoms with Crippen LogP contribution >= 0.6 is 0 Å². The smallest absolute Gasteiger partial charge is 0.0164 e. The van der Waals surface area contributed by atoms with E-state index >= 15 is 0 Å². The molecule has 0 atom stereocenters. The quantitative estimate of drug-likeness (QED) is 0.642. The van der Waals surface area contributed by atoms with Crippen molar-refractivity contribution >= 4 is 0 Å². The van der Waals surface area contributed by atoms with Gasteiger partial charge in [0, 0.05) is 32.7 Å². The largest absolute Gasteiger partial charge is 0.304 e. The van der Waals surface area contributed by atoms with Crippen molar-refractivity contribution in [2.45, 2.75) is 27.2 Å². The highest BCUT2D eigenvalue weighted by molar-refractivity contribution is 4.85. The normalized spacial score (nSPS) is 19.4. The number of allylic oxidation sites excluding steroid dienone is 1. The van der Waals surface area contributed by atoms with E-state index in [1.165, 1.54) is 26.2 Å². The Kier molecular flexibility index (Phi) is 9.00. The maximum absolute atomic E-state index is 2.51. The Morgan fingerprint density at radius 3 is 2.07 bits per heavy atom. The molecule has 0 bridgehead atoms. The van der Waals surface area contributed by atoms with E-state index in [4.69, 9.17) is 0 Å². The highest BCUT2D eigenvalue weighted by Crippen LogP contribution is 1.98. The van der Waals surface area contributed by atoms with E-state index < -0.39 is 0 Å². The number of rotatable bonds is 3. The summed E-state index contributed by atoms with van der Waals surface area (Å²) >= 11 is 0. The van der Waals surface area contributed by atoms with Gasteiger partial charge in [0.1, 0.15) is 0 Å². The van der Waals surface area contributed by atoms with Gasteiger partial charge in [0.2, 0.25) is 0 Å². The van der Waals surface area contributed by atoms with Crippen LogP contribution in [0.25, 0.3) is 0 Å². The van der Waals surface area contributed by atoms with Crippen molar-refractivity contribution in [2.24, 2.45) is 0 Å². The molecule has 0 unspecified atom stereocenters. The minimum absolute atomic E-state index is 1.14. The Bertz CT molecular complexity index is 135. The van der Waals surface area contributed by atoms with E-state index in [1.54, 1.807) is 0 Å². The van der Waals surface area contributed by atoms with Gasteiger partial charge in [-0.1, -0.05) is 32.9 Å². The summed E-state index contributed by atoms with van der Waals surface area (Å²) in [5, 5.41) is 0. The van der Waals surface area contributed by atoms with E-state index in [9.17, 15) is 0 Å². The van der Waals surface area contributed by atoms with E-state index in [-0.39, 0.29) is 0 Å². The lowest BCUT2D eigenvalue weighted by molar-refractivity contribution is 0.166. The van der Waals surface area contributed by atoms with Gasteiger partial charge in [-0.2, -0.15) is 0 Å². The summed E-state index contributed by atoms with van der Waals surface area (Å²) < 4.78 is 0. The lowest BCUT2D eigenvalue weighted by atomic mass is 10.3. The molecule has 1 heterocycles. The molecule has 84 valence electrons. The van der Waals surface area contributed by atoms with Crippen molar-refractivity contribution in [3.63, 3.8) is 0 Å². The average Bonchev–Trinajstić information content (AvgIpc) is 2.24. The van der Waals surface area contributed by atoms with E-state index in [2.05, 4.69) is 35.9 Å². The first-order valence-corrected chi connectivity index (χ1v) is 5.89. The second-order valence-corrected chi connectivity index (χ2v) is 3.48. The van der Waals surface area contributed by atoms with E-state index in [1.807, 2.05) is 13.8 Å². The van der Waals surface area contributed by atoms with Crippen LogP contribution in [-0.4, -0.2) is 49.6 Å². The summed E-state index contributed by atoms with van der Waals surface area (Å²) in [6.45, 7) is 12.2. The zero-order valence-electron chi connectivity index (χ0n) is 10.3. The molecule has 1 rings (SSSR count). The van der Waals surface area contributed by atoms with Crippen LogP contribution in [0, 0.1) is 0 Å². The minimum atomic E-state index is 1.14. The lowest BCUT2D eigenvalue weighted by Gasteiger charge is -2.31. The second kappa shape index (κ2) is 9.22. The van der Waals surface area contributed by atoms with Crippen molar-refractivity contribution in [2.75, 3.05) is 39.8 Å². The molecule has 14 heavy (non-hydrogen) atoms. The van der Waals surface area contributed by atoms with Crippen molar-refractivity contribution in [1.29, 1.82) is 0 Å². The van der Waals surface area contributed by atoms with Crippen molar-refractivity contribution in [1.82, 2.24) is 9.80 Å². The van der Waals surface area contributed by atoms with Gasteiger partial charge in [0.15, 0.2) is 0 Å².